The van der Waals surface area contributed by atoms with Gasteiger partial charge in [0.1, 0.15) is 6.10 Å². The quantitative estimate of drug-likeness (QED) is 0.0245. The van der Waals surface area contributed by atoms with Crippen molar-refractivity contribution in [2.45, 2.75) is 270 Å². The van der Waals surface area contributed by atoms with Crippen LogP contribution < -0.4 is 5.32 Å². The van der Waals surface area contributed by atoms with E-state index in [1.54, 1.807) is 0 Å². The molecule has 6 heteroatoms. The molecule has 1 amide bonds. The topological polar surface area (TPSA) is 95.9 Å². The molecule has 3 unspecified atom stereocenters. The van der Waals surface area contributed by atoms with Gasteiger partial charge in [0, 0.05) is 6.42 Å². The minimum atomic E-state index is -0.804. The summed E-state index contributed by atoms with van der Waals surface area (Å²) < 4.78 is 5.92. The lowest BCUT2D eigenvalue weighted by Gasteiger charge is -2.24. The molecule has 65 heavy (non-hydrogen) atoms. The summed E-state index contributed by atoms with van der Waals surface area (Å²) >= 11 is 0. The van der Waals surface area contributed by atoms with Crippen molar-refractivity contribution in [2.75, 3.05) is 6.61 Å². The van der Waals surface area contributed by atoms with E-state index in [-0.39, 0.29) is 24.9 Å². The van der Waals surface area contributed by atoms with Crippen LogP contribution in [0.5, 0.6) is 0 Å². The van der Waals surface area contributed by atoms with Crippen molar-refractivity contribution in [3.8, 4) is 0 Å². The van der Waals surface area contributed by atoms with Gasteiger partial charge in [-0.1, -0.05) is 234 Å². The molecule has 0 aromatic rings. The van der Waals surface area contributed by atoms with Gasteiger partial charge in [-0.25, -0.2) is 0 Å². The molecule has 0 saturated carbocycles. The zero-order valence-corrected chi connectivity index (χ0v) is 42.6. The second kappa shape index (κ2) is 52.0. The first-order valence-corrected chi connectivity index (χ1v) is 27.3. The zero-order chi connectivity index (χ0) is 47.4. The Labute approximate surface area is 402 Å². The van der Waals surface area contributed by atoms with E-state index >= 15 is 0 Å². The van der Waals surface area contributed by atoms with Crippen LogP contribution >= 0.6 is 0 Å². The molecule has 0 saturated heterocycles. The van der Waals surface area contributed by atoms with Gasteiger partial charge in [0.2, 0.25) is 5.91 Å². The van der Waals surface area contributed by atoms with Crippen molar-refractivity contribution in [3.05, 3.63) is 85.1 Å². The van der Waals surface area contributed by atoms with Crippen LogP contribution in [0.4, 0.5) is 0 Å². The average Bonchev–Trinajstić information content (AvgIpc) is 3.30. The number of aliphatic hydroxyl groups excluding tert-OH is 2. The third-order valence-electron chi connectivity index (χ3n) is 12.0. The molecule has 0 radical (unpaired) electrons. The first-order chi connectivity index (χ1) is 32.0. The predicted molar refractivity (Wildman–Crippen MR) is 282 cm³/mol. The summed E-state index contributed by atoms with van der Waals surface area (Å²) in [6.07, 6.45) is 67.8. The van der Waals surface area contributed by atoms with E-state index in [1.807, 2.05) is 0 Å². The maximum absolute atomic E-state index is 13.2. The molecule has 0 spiro atoms. The van der Waals surface area contributed by atoms with Crippen LogP contribution in [-0.2, 0) is 14.3 Å². The van der Waals surface area contributed by atoms with E-state index in [1.165, 1.54) is 96.3 Å². The van der Waals surface area contributed by atoms with Crippen LogP contribution in [0.25, 0.3) is 0 Å². The maximum Gasteiger partial charge on any atom is 0.306 e. The Hall–Kier alpha value is -2.96. The fourth-order valence-corrected chi connectivity index (χ4v) is 7.88. The summed E-state index contributed by atoms with van der Waals surface area (Å²) in [6, 6.07) is -0.720. The van der Waals surface area contributed by atoms with Crippen LogP contribution in [0.15, 0.2) is 85.1 Å². The van der Waals surface area contributed by atoms with Gasteiger partial charge in [-0.2, -0.15) is 0 Å². The van der Waals surface area contributed by atoms with Crippen LogP contribution in [0.1, 0.15) is 252 Å². The highest BCUT2D eigenvalue weighted by Gasteiger charge is 2.24. The second-order valence-electron chi connectivity index (χ2n) is 18.3. The summed E-state index contributed by atoms with van der Waals surface area (Å²) in [5, 5.41) is 23.8. The van der Waals surface area contributed by atoms with Gasteiger partial charge in [0.05, 0.1) is 25.2 Å². The smallest absolute Gasteiger partial charge is 0.306 e. The number of carbonyl (C=O) groups is 2. The largest absolute Gasteiger partial charge is 0.462 e. The molecule has 0 aromatic heterocycles. The van der Waals surface area contributed by atoms with Crippen molar-refractivity contribution in [1.29, 1.82) is 0 Å². The molecule has 0 rings (SSSR count). The lowest BCUT2D eigenvalue weighted by atomic mass is 10.0. The van der Waals surface area contributed by atoms with Crippen molar-refractivity contribution in [1.82, 2.24) is 5.32 Å². The molecule has 0 aliphatic heterocycles. The van der Waals surface area contributed by atoms with Crippen LogP contribution in [0.3, 0.4) is 0 Å². The van der Waals surface area contributed by atoms with Crippen LogP contribution in [0.2, 0.25) is 0 Å². The number of carbonyl (C=O) groups excluding carboxylic acids is 2. The van der Waals surface area contributed by atoms with E-state index in [0.29, 0.717) is 19.3 Å². The Morgan fingerprint density at radius 3 is 1.42 bits per heavy atom. The standard InChI is InChI=1S/C59H103NO5/c1-4-7-10-13-16-19-22-25-27-28-29-30-31-34-37-40-43-46-49-52-59(64)65-55(50-47-44-41-38-35-32-24-21-18-15-12-9-6-3)53-58(63)60-56(54-61)57(62)51-48-45-42-39-36-33-26-23-20-17-14-11-8-5-2/h9,12,15-16,18-19,21,24-25,27,29-30,34,37,55-57,61-62H,4-8,10-11,13-14,17,20,22-23,26,28,31-33,35-36,38-54H2,1-3H3,(H,60,63)/b12-9+,18-15+,19-16-,24-21+,27-25-,30-29-,37-34-. The number of hydrogen-bond donors (Lipinski definition) is 3. The monoisotopic (exact) mass is 906 g/mol. The number of hydrogen-bond acceptors (Lipinski definition) is 5. The number of esters is 1. The Bertz CT molecular complexity index is 1250. The molecule has 3 N–H and O–H groups in total. The number of aliphatic hydroxyl groups is 2. The molecule has 0 aromatic carbocycles. The molecule has 6 nitrogen and oxygen atoms in total. The van der Waals surface area contributed by atoms with Gasteiger partial charge < -0.3 is 20.3 Å². The summed E-state index contributed by atoms with van der Waals surface area (Å²) in [4.78, 5) is 26.2. The summed E-state index contributed by atoms with van der Waals surface area (Å²) in [5.74, 6) is -0.532. The highest BCUT2D eigenvalue weighted by atomic mass is 16.5. The van der Waals surface area contributed by atoms with Gasteiger partial charge in [0.15, 0.2) is 0 Å². The van der Waals surface area contributed by atoms with Crippen LogP contribution in [0, 0.1) is 0 Å². The Morgan fingerprint density at radius 2 is 0.892 bits per heavy atom. The van der Waals surface area contributed by atoms with E-state index in [2.05, 4.69) is 111 Å². The van der Waals surface area contributed by atoms with Gasteiger partial charge >= 0.3 is 5.97 Å². The molecular weight excluding hydrogens is 803 g/mol. The summed E-state index contributed by atoms with van der Waals surface area (Å²) in [5.41, 5.74) is 0. The van der Waals surface area contributed by atoms with Gasteiger partial charge in [-0.15, -0.1) is 0 Å². The Morgan fingerprint density at radius 1 is 0.477 bits per heavy atom. The van der Waals surface area contributed by atoms with Crippen LogP contribution in [-0.4, -0.2) is 46.9 Å². The zero-order valence-electron chi connectivity index (χ0n) is 42.6. The lowest BCUT2D eigenvalue weighted by Crippen LogP contribution is -2.46. The number of unbranched alkanes of at least 4 members (excludes halogenated alkanes) is 24. The van der Waals surface area contributed by atoms with Gasteiger partial charge in [0.25, 0.3) is 0 Å². The lowest BCUT2D eigenvalue weighted by molar-refractivity contribution is -0.151. The Balaban J connectivity index is 4.63. The van der Waals surface area contributed by atoms with Crippen molar-refractivity contribution in [3.63, 3.8) is 0 Å². The average molecular weight is 906 g/mol. The first kappa shape index (κ1) is 62.0. The van der Waals surface area contributed by atoms with Crippen molar-refractivity contribution >= 4 is 11.9 Å². The fourth-order valence-electron chi connectivity index (χ4n) is 7.88. The SMILES string of the molecule is CC/C=C/C=C/C=C/CCCCCCCC(CC(=O)NC(CO)C(O)CCCCCCCCCCCCCCCC)OC(=O)CCCCC/C=C\C/C=C\C/C=C\C/C=C\CCCCC. The number of nitrogens with one attached hydrogen (secondary N) is 1. The number of rotatable bonds is 48. The predicted octanol–water partition coefficient (Wildman–Crippen LogP) is 16.7. The van der Waals surface area contributed by atoms with Gasteiger partial charge in [-0.3, -0.25) is 9.59 Å². The third-order valence-corrected chi connectivity index (χ3v) is 12.0. The fraction of sp³-hybridized carbons (Fsp3) is 0.729. The first-order valence-electron chi connectivity index (χ1n) is 27.3. The molecule has 3 atom stereocenters. The second-order valence-corrected chi connectivity index (χ2v) is 18.3. The normalized spacial score (nSPS) is 13.9. The van der Waals surface area contributed by atoms with Crippen molar-refractivity contribution in [2.24, 2.45) is 0 Å². The number of allylic oxidation sites excluding steroid dienone is 14. The highest BCUT2D eigenvalue weighted by molar-refractivity contribution is 5.77. The molecule has 0 aliphatic rings. The third kappa shape index (κ3) is 47.3. The summed E-state index contributed by atoms with van der Waals surface area (Å²) in [6.45, 7) is 6.32. The Kier molecular flexibility index (Phi) is 49.6. The summed E-state index contributed by atoms with van der Waals surface area (Å²) in [7, 11) is 0. The van der Waals surface area contributed by atoms with Crippen molar-refractivity contribution < 1.29 is 24.5 Å². The molecule has 0 aliphatic carbocycles. The molecule has 0 bridgehead atoms. The van der Waals surface area contributed by atoms with Gasteiger partial charge in [-0.05, 0) is 89.9 Å². The molecular formula is C59H103NO5. The number of amides is 1. The van der Waals surface area contributed by atoms with E-state index in [4.69, 9.17) is 4.74 Å². The molecule has 374 valence electrons. The molecule has 0 heterocycles. The minimum absolute atomic E-state index is 0.0473. The van der Waals surface area contributed by atoms with E-state index < -0.39 is 18.2 Å². The van der Waals surface area contributed by atoms with E-state index in [0.717, 1.165) is 109 Å². The maximum atomic E-state index is 13.2. The molecule has 0 fully saturated rings. The van der Waals surface area contributed by atoms with E-state index in [9.17, 15) is 19.8 Å². The number of ether oxygens (including phenoxy) is 1. The minimum Gasteiger partial charge on any atom is -0.462 e. The highest BCUT2D eigenvalue weighted by Crippen LogP contribution is 2.17.